The number of hydrogen-bond acceptors (Lipinski definition) is 4. The number of piperidine rings is 1. The number of para-hydroxylation sites is 2. The number of benzene rings is 3. The average Bonchev–Trinajstić information content (AvgIpc) is 2.87. The van der Waals surface area contributed by atoms with E-state index in [4.69, 9.17) is 9.47 Å². The Bertz CT molecular complexity index is 1110. The molecule has 1 N–H and O–H groups in total. The lowest BCUT2D eigenvalue weighted by atomic mass is 9.98. The van der Waals surface area contributed by atoms with E-state index in [-0.39, 0.29) is 11.8 Å². The van der Waals surface area contributed by atoms with Gasteiger partial charge < -0.3 is 19.7 Å². The minimum Gasteiger partial charge on any atom is -0.490 e. The molecular formula is C28H30N2O4. The molecule has 0 bridgehead atoms. The van der Waals surface area contributed by atoms with Gasteiger partial charge in [0.1, 0.15) is 24.7 Å². The van der Waals surface area contributed by atoms with Crippen LogP contribution in [0.5, 0.6) is 11.5 Å². The Morgan fingerprint density at radius 2 is 1.59 bits per heavy atom. The van der Waals surface area contributed by atoms with E-state index in [1.165, 1.54) is 0 Å². The van der Waals surface area contributed by atoms with E-state index in [9.17, 15) is 9.59 Å². The van der Waals surface area contributed by atoms with Crippen molar-refractivity contribution in [2.75, 3.05) is 31.6 Å². The fraction of sp³-hybridized carbons (Fsp3) is 0.286. The number of anilines is 1. The lowest BCUT2D eigenvalue weighted by molar-refractivity contribution is 0.0697. The van der Waals surface area contributed by atoms with Crippen molar-refractivity contribution >= 4 is 17.5 Å². The minimum absolute atomic E-state index is 0.00477. The van der Waals surface area contributed by atoms with E-state index in [2.05, 4.69) is 12.2 Å². The van der Waals surface area contributed by atoms with Gasteiger partial charge in [0.05, 0.1) is 5.56 Å². The first-order valence-electron chi connectivity index (χ1n) is 11.7. The summed E-state index contributed by atoms with van der Waals surface area (Å²) in [5.41, 5.74) is 1.57. The first-order valence-corrected chi connectivity index (χ1v) is 11.7. The number of carbonyl (C=O) groups is 2. The van der Waals surface area contributed by atoms with Crippen molar-refractivity contribution in [3.05, 3.63) is 90.0 Å². The van der Waals surface area contributed by atoms with Crippen LogP contribution in [0.1, 0.15) is 40.5 Å². The fourth-order valence-corrected chi connectivity index (χ4v) is 3.93. The molecule has 1 saturated heterocycles. The zero-order chi connectivity index (χ0) is 23.8. The molecule has 176 valence electrons. The summed E-state index contributed by atoms with van der Waals surface area (Å²) in [4.78, 5) is 27.8. The molecule has 0 aliphatic carbocycles. The molecule has 0 spiro atoms. The topological polar surface area (TPSA) is 67.9 Å². The highest BCUT2D eigenvalue weighted by molar-refractivity contribution is 6.06. The molecule has 3 aromatic carbocycles. The van der Waals surface area contributed by atoms with Crippen molar-refractivity contribution in [3.8, 4) is 11.5 Å². The van der Waals surface area contributed by atoms with Crippen LogP contribution >= 0.6 is 0 Å². The standard InChI is InChI=1S/C28H30N2O4/c1-21-14-16-30(17-15-21)28(32)22-8-7-9-23(20-22)29-27(31)25-12-5-6-13-26(25)34-19-18-33-24-10-3-2-4-11-24/h2-13,20-21H,14-19H2,1H3,(H,29,31). The smallest absolute Gasteiger partial charge is 0.259 e. The minimum atomic E-state index is -0.295. The molecule has 4 rings (SSSR count). The van der Waals surface area contributed by atoms with E-state index in [1.807, 2.05) is 41.3 Å². The van der Waals surface area contributed by atoms with Gasteiger partial charge in [-0.1, -0.05) is 43.3 Å². The van der Waals surface area contributed by atoms with Crippen LogP contribution in [0.25, 0.3) is 0 Å². The Labute approximate surface area is 200 Å². The van der Waals surface area contributed by atoms with E-state index in [0.29, 0.717) is 41.7 Å². The quantitative estimate of drug-likeness (QED) is 0.467. The van der Waals surface area contributed by atoms with Crippen molar-refractivity contribution in [1.29, 1.82) is 0 Å². The molecule has 6 nitrogen and oxygen atoms in total. The zero-order valence-corrected chi connectivity index (χ0v) is 19.4. The van der Waals surface area contributed by atoms with E-state index >= 15 is 0 Å². The van der Waals surface area contributed by atoms with Crippen molar-refractivity contribution in [2.45, 2.75) is 19.8 Å². The number of hydrogen-bond donors (Lipinski definition) is 1. The van der Waals surface area contributed by atoms with Gasteiger partial charge in [0.25, 0.3) is 11.8 Å². The van der Waals surface area contributed by atoms with Crippen molar-refractivity contribution in [3.63, 3.8) is 0 Å². The summed E-state index contributed by atoms with van der Waals surface area (Å²) in [6.45, 7) is 4.43. The van der Waals surface area contributed by atoms with Gasteiger partial charge in [-0.05, 0) is 61.2 Å². The van der Waals surface area contributed by atoms with E-state index in [1.54, 1.807) is 42.5 Å². The number of rotatable bonds is 8. The highest BCUT2D eigenvalue weighted by Gasteiger charge is 2.22. The Hall–Kier alpha value is -3.80. The molecule has 34 heavy (non-hydrogen) atoms. The molecule has 0 aromatic heterocycles. The van der Waals surface area contributed by atoms with Crippen LogP contribution in [-0.2, 0) is 0 Å². The highest BCUT2D eigenvalue weighted by atomic mass is 16.5. The monoisotopic (exact) mass is 458 g/mol. The normalized spacial score (nSPS) is 13.9. The third-order valence-corrected chi connectivity index (χ3v) is 5.92. The Morgan fingerprint density at radius 1 is 0.882 bits per heavy atom. The number of carbonyl (C=O) groups excluding carboxylic acids is 2. The molecule has 6 heteroatoms. The van der Waals surface area contributed by atoms with Gasteiger partial charge in [0.15, 0.2) is 0 Å². The SMILES string of the molecule is CC1CCN(C(=O)c2cccc(NC(=O)c3ccccc3OCCOc3ccccc3)c2)CC1. The van der Waals surface area contributed by atoms with E-state index in [0.717, 1.165) is 31.7 Å². The maximum absolute atomic E-state index is 13.0. The van der Waals surface area contributed by atoms with Crippen LogP contribution in [0.15, 0.2) is 78.9 Å². The molecule has 0 atom stereocenters. The van der Waals surface area contributed by atoms with Crippen LogP contribution in [0.4, 0.5) is 5.69 Å². The molecule has 1 aliphatic heterocycles. The number of ether oxygens (including phenoxy) is 2. The fourth-order valence-electron chi connectivity index (χ4n) is 3.93. The first-order chi connectivity index (χ1) is 16.6. The molecule has 1 fully saturated rings. The predicted octanol–water partition coefficient (Wildman–Crippen LogP) is 5.27. The van der Waals surface area contributed by atoms with Gasteiger partial charge in [-0.2, -0.15) is 0 Å². The molecule has 0 radical (unpaired) electrons. The molecule has 1 aliphatic rings. The summed E-state index contributed by atoms with van der Waals surface area (Å²) < 4.78 is 11.5. The summed E-state index contributed by atoms with van der Waals surface area (Å²) in [5, 5.41) is 2.90. The summed E-state index contributed by atoms with van der Waals surface area (Å²) >= 11 is 0. The van der Waals surface area contributed by atoms with Gasteiger partial charge in [-0.3, -0.25) is 9.59 Å². The molecule has 3 aromatic rings. The molecule has 0 saturated carbocycles. The third-order valence-electron chi connectivity index (χ3n) is 5.92. The Morgan fingerprint density at radius 3 is 2.38 bits per heavy atom. The van der Waals surface area contributed by atoms with E-state index < -0.39 is 0 Å². The van der Waals surface area contributed by atoms with Gasteiger partial charge in [0, 0.05) is 24.3 Å². The average molecular weight is 459 g/mol. The summed E-state index contributed by atoms with van der Waals surface area (Å²) in [6, 6.07) is 23.7. The Kier molecular flexibility index (Phi) is 7.81. The van der Waals surface area contributed by atoms with Crippen LogP contribution in [0, 0.1) is 5.92 Å². The highest BCUT2D eigenvalue weighted by Crippen LogP contribution is 2.22. The predicted molar refractivity (Wildman–Crippen MR) is 133 cm³/mol. The number of nitrogens with zero attached hydrogens (tertiary/aromatic N) is 1. The maximum atomic E-state index is 13.0. The van der Waals surface area contributed by atoms with Crippen LogP contribution < -0.4 is 14.8 Å². The lowest BCUT2D eigenvalue weighted by Gasteiger charge is -2.30. The van der Waals surface area contributed by atoms with Gasteiger partial charge in [-0.15, -0.1) is 0 Å². The first kappa shape index (κ1) is 23.4. The number of amides is 2. The van der Waals surface area contributed by atoms with Crippen LogP contribution in [0.3, 0.4) is 0 Å². The zero-order valence-electron chi connectivity index (χ0n) is 19.4. The van der Waals surface area contributed by atoms with Crippen molar-refractivity contribution in [2.24, 2.45) is 5.92 Å². The second-order valence-corrected chi connectivity index (χ2v) is 8.52. The second-order valence-electron chi connectivity index (χ2n) is 8.52. The maximum Gasteiger partial charge on any atom is 0.259 e. The Balaban J connectivity index is 1.36. The summed E-state index contributed by atoms with van der Waals surface area (Å²) in [7, 11) is 0. The molecular weight excluding hydrogens is 428 g/mol. The largest absolute Gasteiger partial charge is 0.490 e. The molecule has 0 unspecified atom stereocenters. The van der Waals surface area contributed by atoms with Crippen LogP contribution in [-0.4, -0.2) is 43.0 Å². The molecule has 2 amide bonds. The lowest BCUT2D eigenvalue weighted by Crippen LogP contribution is -2.37. The van der Waals surface area contributed by atoms with Crippen molar-refractivity contribution in [1.82, 2.24) is 4.90 Å². The number of likely N-dealkylation sites (tertiary alicyclic amines) is 1. The summed E-state index contributed by atoms with van der Waals surface area (Å²) in [5.74, 6) is 1.61. The number of nitrogens with one attached hydrogen (secondary N) is 1. The van der Waals surface area contributed by atoms with Crippen LogP contribution in [0.2, 0.25) is 0 Å². The van der Waals surface area contributed by atoms with Crippen molar-refractivity contribution < 1.29 is 19.1 Å². The third kappa shape index (κ3) is 6.16. The van der Waals surface area contributed by atoms with Gasteiger partial charge >= 0.3 is 0 Å². The molecule has 1 heterocycles. The summed E-state index contributed by atoms with van der Waals surface area (Å²) in [6.07, 6.45) is 2.05. The second kappa shape index (κ2) is 11.4. The van der Waals surface area contributed by atoms with Gasteiger partial charge in [-0.25, -0.2) is 0 Å². The van der Waals surface area contributed by atoms with Gasteiger partial charge in [0.2, 0.25) is 0 Å².